The van der Waals surface area contributed by atoms with Crippen molar-refractivity contribution in [1.29, 1.82) is 0 Å². The number of carbonyl (C=O) groups excluding carboxylic acids is 2. The van der Waals surface area contributed by atoms with E-state index in [1.807, 2.05) is 0 Å². The van der Waals surface area contributed by atoms with Gasteiger partial charge in [0.2, 0.25) is 11.8 Å². The molecule has 0 aromatic rings. The van der Waals surface area contributed by atoms with E-state index in [1.54, 1.807) is 6.92 Å². The molecule has 2 N–H and O–H groups in total. The van der Waals surface area contributed by atoms with Gasteiger partial charge >= 0.3 is 0 Å². The van der Waals surface area contributed by atoms with Gasteiger partial charge in [-0.3, -0.25) is 9.59 Å². The molecule has 0 spiro atoms. The largest absolute Gasteiger partial charge is 0.335 e. The summed E-state index contributed by atoms with van der Waals surface area (Å²) >= 11 is 0. The van der Waals surface area contributed by atoms with Crippen LogP contribution in [0.3, 0.4) is 0 Å². The first-order valence-corrected chi connectivity index (χ1v) is 3.42. The SMILES string of the molecule is C=CC(=O)NCNC(=O)C(=C)C. The number of nitrogens with one attached hydrogen (secondary N) is 2. The lowest BCUT2D eigenvalue weighted by Gasteiger charge is -2.04. The van der Waals surface area contributed by atoms with Crippen molar-refractivity contribution < 1.29 is 9.59 Å². The van der Waals surface area contributed by atoms with E-state index in [9.17, 15) is 9.59 Å². The van der Waals surface area contributed by atoms with E-state index in [-0.39, 0.29) is 18.5 Å². The monoisotopic (exact) mass is 168 g/mol. The molecule has 66 valence electrons. The van der Waals surface area contributed by atoms with Crippen LogP contribution in [0.25, 0.3) is 0 Å². The Balaban J connectivity index is 3.57. The van der Waals surface area contributed by atoms with E-state index in [0.717, 1.165) is 6.08 Å². The number of hydrogen-bond donors (Lipinski definition) is 2. The minimum atomic E-state index is -0.322. The van der Waals surface area contributed by atoms with Crippen LogP contribution in [-0.2, 0) is 9.59 Å². The molecule has 0 unspecified atom stereocenters. The van der Waals surface area contributed by atoms with Crippen LogP contribution >= 0.6 is 0 Å². The molecule has 2 amide bonds. The molecule has 0 saturated heterocycles. The molecule has 0 aromatic carbocycles. The number of carbonyl (C=O) groups is 2. The molecule has 0 aliphatic heterocycles. The molecule has 0 aliphatic rings. The van der Waals surface area contributed by atoms with Gasteiger partial charge in [0.1, 0.15) is 0 Å². The molecule has 12 heavy (non-hydrogen) atoms. The van der Waals surface area contributed by atoms with Gasteiger partial charge in [0.05, 0.1) is 6.67 Å². The van der Waals surface area contributed by atoms with E-state index in [0.29, 0.717) is 5.57 Å². The summed E-state index contributed by atoms with van der Waals surface area (Å²) in [5.41, 5.74) is 0.405. The fourth-order valence-corrected chi connectivity index (χ4v) is 0.435. The highest BCUT2D eigenvalue weighted by molar-refractivity contribution is 5.92. The predicted octanol–water partition coefficient (Wildman–Crippen LogP) is -0.0616. The maximum atomic E-state index is 10.8. The standard InChI is InChI=1S/C8H12N2O2/c1-4-7(11)9-5-10-8(12)6(2)3/h4H,1-2,5H2,3H3,(H,9,11)(H,10,12). The van der Waals surface area contributed by atoms with Crippen LogP contribution in [0, 0.1) is 0 Å². The Labute approximate surface area is 71.3 Å². The molecule has 0 atom stereocenters. The predicted molar refractivity (Wildman–Crippen MR) is 46.2 cm³/mol. The van der Waals surface area contributed by atoms with Gasteiger partial charge in [0.15, 0.2) is 0 Å². The summed E-state index contributed by atoms with van der Waals surface area (Å²) < 4.78 is 0. The van der Waals surface area contributed by atoms with Crippen molar-refractivity contribution in [1.82, 2.24) is 10.6 Å². The maximum absolute atomic E-state index is 10.8. The highest BCUT2D eigenvalue weighted by atomic mass is 16.2. The molecule has 0 saturated carbocycles. The van der Waals surface area contributed by atoms with Gasteiger partial charge in [-0.25, -0.2) is 0 Å². The topological polar surface area (TPSA) is 58.2 Å². The normalized spacial score (nSPS) is 8.42. The first-order valence-electron chi connectivity index (χ1n) is 3.42. The quantitative estimate of drug-likeness (QED) is 0.456. The Morgan fingerprint density at radius 3 is 2.42 bits per heavy atom. The number of rotatable bonds is 4. The van der Waals surface area contributed by atoms with Crippen molar-refractivity contribution in [3.05, 3.63) is 24.8 Å². The zero-order chi connectivity index (χ0) is 9.56. The molecule has 0 heterocycles. The zero-order valence-electron chi connectivity index (χ0n) is 7.02. The zero-order valence-corrected chi connectivity index (χ0v) is 7.02. The molecular formula is C8H12N2O2. The van der Waals surface area contributed by atoms with Gasteiger partial charge in [-0.1, -0.05) is 13.2 Å². The molecule has 0 bridgehead atoms. The average Bonchev–Trinajstić information content (AvgIpc) is 2.03. The fourth-order valence-electron chi connectivity index (χ4n) is 0.435. The summed E-state index contributed by atoms with van der Waals surface area (Å²) in [4.78, 5) is 21.4. The first kappa shape index (κ1) is 10.4. The molecule has 4 heteroatoms. The van der Waals surface area contributed by atoms with E-state index >= 15 is 0 Å². The molecule has 0 radical (unpaired) electrons. The molecule has 0 aliphatic carbocycles. The third-order valence-electron chi connectivity index (χ3n) is 1.08. The van der Waals surface area contributed by atoms with Crippen LogP contribution in [0.4, 0.5) is 0 Å². The third kappa shape index (κ3) is 4.27. The van der Waals surface area contributed by atoms with E-state index in [1.165, 1.54) is 0 Å². The number of hydrogen-bond acceptors (Lipinski definition) is 2. The highest BCUT2D eigenvalue weighted by Crippen LogP contribution is 1.83. The van der Waals surface area contributed by atoms with Crippen LogP contribution in [0.1, 0.15) is 6.92 Å². The smallest absolute Gasteiger partial charge is 0.247 e. The Kier molecular flexibility index (Phi) is 4.45. The van der Waals surface area contributed by atoms with Crippen molar-refractivity contribution in [2.24, 2.45) is 0 Å². The highest BCUT2D eigenvalue weighted by Gasteiger charge is 1.99. The van der Waals surface area contributed by atoms with Gasteiger partial charge in [-0.05, 0) is 13.0 Å². The molecule has 0 rings (SSSR count). The van der Waals surface area contributed by atoms with Crippen molar-refractivity contribution in [2.75, 3.05) is 6.67 Å². The second-order valence-corrected chi connectivity index (χ2v) is 2.21. The van der Waals surface area contributed by atoms with Crippen molar-refractivity contribution in [3.8, 4) is 0 Å². The van der Waals surface area contributed by atoms with Gasteiger partial charge in [-0.15, -0.1) is 0 Å². The summed E-state index contributed by atoms with van der Waals surface area (Å²) in [5.74, 6) is -0.601. The Morgan fingerprint density at radius 2 is 2.00 bits per heavy atom. The molecule has 0 aromatic heterocycles. The summed E-state index contributed by atoms with van der Waals surface area (Å²) in [5, 5.41) is 4.82. The maximum Gasteiger partial charge on any atom is 0.247 e. The fraction of sp³-hybridized carbons (Fsp3) is 0.250. The van der Waals surface area contributed by atoms with Gasteiger partial charge in [0, 0.05) is 5.57 Å². The second kappa shape index (κ2) is 5.12. The summed E-state index contributed by atoms with van der Waals surface area (Å²) in [6.07, 6.45) is 1.13. The van der Waals surface area contributed by atoms with Crippen molar-refractivity contribution >= 4 is 11.8 Å². The van der Waals surface area contributed by atoms with Gasteiger partial charge in [0.25, 0.3) is 0 Å². The van der Waals surface area contributed by atoms with Gasteiger partial charge < -0.3 is 10.6 Å². The Hall–Kier alpha value is -1.58. The second-order valence-electron chi connectivity index (χ2n) is 2.21. The van der Waals surface area contributed by atoms with E-state index in [2.05, 4.69) is 23.8 Å². The summed E-state index contributed by atoms with van der Waals surface area (Å²) in [6, 6.07) is 0. The van der Waals surface area contributed by atoms with Crippen molar-refractivity contribution in [3.63, 3.8) is 0 Å². The lowest BCUT2D eigenvalue weighted by molar-refractivity contribution is -0.118. The van der Waals surface area contributed by atoms with Crippen LogP contribution in [0.2, 0.25) is 0 Å². The molecule has 0 fully saturated rings. The minimum absolute atomic E-state index is 0.0938. The number of amides is 2. The van der Waals surface area contributed by atoms with Crippen LogP contribution in [0.5, 0.6) is 0 Å². The minimum Gasteiger partial charge on any atom is -0.335 e. The average molecular weight is 168 g/mol. The third-order valence-corrected chi connectivity index (χ3v) is 1.08. The van der Waals surface area contributed by atoms with Crippen molar-refractivity contribution in [2.45, 2.75) is 6.92 Å². The first-order chi connectivity index (χ1) is 5.57. The lowest BCUT2D eigenvalue weighted by atomic mass is 10.3. The van der Waals surface area contributed by atoms with Crippen LogP contribution in [-0.4, -0.2) is 18.5 Å². The molecular weight excluding hydrogens is 156 g/mol. The van der Waals surface area contributed by atoms with Gasteiger partial charge in [-0.2, -0.15) is 0 Å². The Bertz CT molecular complexity index is 221. The Morgan fingerprint density at radius 1 is 1.42 bits per heavy atom. The molecule has 4 nitrogen and oxygen atoms in total. The van der Waals surface area contributed by atoms with E-state index < -0.39 is 0 Å². The summed E-state index contributed by atoms with van der Waals surface area (Å²) in [6.45, 7) is 8.36. The summed E-state index contributed by atoms with van der Waals surface area (Å²) in [7, 11) is 0. The lowest BCUT2D eigenvalue weighted by Crippen LogP contribution is -2.36. The van der Waals surface area contributed by atoms with Crippen LogP contribution in [0.15, 0.2) is 24.8 Å². The van der Waals surface area contributed by atoms with E-state index in [4.69, 9.17) is 0 Å². The van der Waals surface area contributed by atoms with Crippen LogP contribution < -0.4 is 10.6 Å².